The topological polar surface area (TPSA) is 131 Å². The van der Waals surface area contributed by atoms with Crippen LogP contribution in [0.2, 0.25) is 0 Å². The van der Waals surface area contributed by atoms with Crippen LogP contribution in [0.15, 0.2) is 42.5 Å². The number of hydrogen-bond acceptors (Lipinski definition) is 6. The van der Waals surface area contributed by atoms with Gasteiger partial charge < -0.3 is 15.2 Å². The fourth-order valence-electron chi connectivity index (χ4n) is 2.19. The molecule has 3 N–H and O–H groups in total. The number of hydrogen-bond donors (Lipinski definition) is 3. The molecule has 0 unspecified atom stereocenters. The summed E-state index contributed by atoms with van der Waals surface area (Å²) in [7, 11) is 0. The van der Waals surface area contributed by atoms with Crippen LogP contribution in [-0.2, 0) is 0 Å². The van der Waals surface area contributed by atoms with Gasteiger partial charge in [0.15, 0.2) is 10.9 Å². The molecule has 1 amide bonds. The van der Waals surface area contributed by atoms with E-state index in [-0.39, 0.29) is 40.0 Å². The first kappa shape index (κ1) is 19.8. The number of rotatable bonds is 6. The van der Waals surface area contributed by atoms with Gasteiger partial charge in [0.25, 0.3) is 5.91 Å². The number of para-hydroxylation sites is 1. The summed E-state index contributed by atoms with van der Waals surface area (Å²) in [6.07, 6.45) is 0. The van der Waals surface area contributed by atoms with Crippen LogP contribution in [-0.4, -0.2) is 33.6 Å². The molecule has 0 aliphatic heterocycles. The van der Waals surface area contributed by atoms with E-state index in [1.165, 1.54) is 24.3 Å². The number of anilines is 1. The van der Waals surface area contributed by atoms with Crippen molar-refractivity contribution in [3.63, 3.8) is 0 Å². The molecule has 2 aromatic rings. The molecule has 0 saturated carbocycles. The van der Waals surface area contributed by atoms with Gasteiger partial charge in [-0.3, -0.25) is 20.2 Å². The number of nitrogens with one attached hydrogen (secondary N) is 2. The Morgan fingerprint density at radius 1 is 1.26 bits per heavy atom. The number of carboxylic acids is 1. The Labute approximate surface area is 159 Å². The summed E-state index contributed by atoms with van der Waals surface area (Å²) in [5.41, 5.74) is -0.167. The van der Waals surface area contributed by atoms with Crippen molar-refractivity contribution in [3.05, 3.63) is 63.7 Å². The maximum absolute atomic E-state index is 12.3. The number of nitrogens with zero attached hydrogens (tertiary/aromatic N) is 1. The van der Waals surface area contributed by atoms with Gasteiger partial charge in [0.2, 0.25) is 0 Å². The monoisotopic (exact) mass is 389 g/mol. The van der Waals surface area contributed by atoms with Crippen molar-refractivity contribution < 1.29 is 24.4 Å². The summed E-state index contributed by atoms with van der Waals surface area (Å²) < 4.78 is 5.16. The van der Waals surface area contributed by atoms with Gasteiger partial charge in [-0.15, -0.1) is 0 Å². The maximum atomic E-state index is 12.3. The van der Waals surface area contributed by atoms with Crippen molar-refractivity contribution in [2.24, 2.45) is 0 Å². The maximum Gasteiger partial charge on any atom is 0.337 e. The van der Waals surface area contributed by atoms with Crippen LogP contribution in [0.4, 0.5) is 11.4 Å². The van der Waals surface area contributed by atoms with Gasteiger partial charge in [0.1, 0.15) is 0 Å². The van der Waals surface area contributed by atoms with E-state index in [1.54, 1.807) is 19.1 Å². The highest BCUT2D eigenvalue weighted by Crippen LogP contribution is 2.28. The summed E-state index contributed by atoms with van der Waals surface area (Å²) in [5.74, 6) is -1.80. The second-order valence-corrected chi connectivity index (χ2v) is 5.54. The minimum atomic E-state index is -1.16. The lowest BCUT2D eigenvalue weighted by atomic mass is 10.1. The fourth-order valence-corrected chi connectivity index (χ4v) is 2.39. The average molecular weight is 389 g/mol. The molecular weight excluding hydrogens is 374 g/mol. The number of nitro groups is 1. The molecule has 0 radical (unpaired) electrons. The minimum Gasteiger partial charge on any atom is -0.487 e. The van der Waals surface area contributed by atoms with Crippen molar-refractivity contribution in [1.29, 1.82) is 0 Å². The first-order valence-electron chi connectivity index (χ1n) is 7.69. The van der Waals surface area contributed by atoms with Gasteiger partial charge in [-0.05, 0) is 43.4 Å². The lowest BCUT2D eigenvalue weighted by Gasteiger charge is -2.12. The van der Waals surface area contributed by atoms with E-state index in [9.17, 15) is 19.7 Å². The second-order valence-electron chi connectivity index (χ2n) is 5.13. The Hall–Kier alpha value is -3.53. The SMILES string of the molecule is CCOc1ccc(C(=O)NC(=S)Nc2ccccc2C(=O)O)cc1[N+](=O)[O-]. The van der Waals surface area contributed by atoms with Gasteiger partial charge in [0.05, 0.1) is 22.8 Å². The van der Waals surface area contributed by atoms with Crippen LogP contribution in [0.1, 0.15) is 27.6 Å². The molecule has 10 heteroatoms. The number of nitro benzene ring substituents is 1. The standard InChI is InChI=1S/C17H15N3O6S/c1-2-26-14-8-7-10(9-13(14)20(24)25)15(21)19-17(27)18-12-6-4-3-5-11(12)16(22)23/h3-9H,2H2,1H3,(H,22,23)(H2,18,19,21,27). The number of thiocarbonyl (C=S) groups is 1. The zero-order valence-electron chi connectivity index (χ0n) is 14.1. The van der Waals surface area contributed by atoms with E-state index >= 15 is 0 Å². The molecule has 0 aliphatic carbocycles. The van der Waals surface area contributed by atoms with Crippen LogP contribution in [0, 0.1) is 10.1 Å². The van der Waals surface area contributed by atoms with E-state index in [1.807, 2.05) is 0 Å². The third kappa shape index (κ3) is 4.98. The quantitative estimate of drug-likeness (QED) is 0.390. The van der Waals surface area contributed by atoms with E-state index in [0.29, 0.717) is 0 Å². The van der Waals surface area contributed by atoms with E-state index in [2.05, 4.69) is 10.6 Å². The Kier molecular flexibility index (Phi) is 6.39. The number of carbonyl (C=O) groups is 2. The molecule has 2 aromatic carbocycles. The predicted molar refractivity (Wildman–Crippen MR) is 101 cm³/mol. The molecule has 0 bridgehead atoms. The molecule has 0 atom stereocenters. The Balaban J connectivity index is 2.15. The third-order valence-corrected chi connectivity index (χ3v) is 3.55. The Bertz CT molecular complexity index is 915. The largest absolute Gasteiger partial charge is 0.487 e. The zero-order chi connectivity index (χ0) is 20.0. The number of amides is 1. The van der Waals surface area contributed by atoms with Crippen LogP contribution in [0.25, 0.3) is 0 Å². The lowest BCUT2D eigenvalue weighted by Crippen LogP contribution is -2.34. The average Bonchev–Trinajstić information content (AvgIpc) is 2.62. The minimum absolute atomic E-state index is 0.000762. The van der Waals surface area contributed by atoms with Crippen molar-refractivity contribution in [2.45, 2.75) is 6.92 Å². The zero-order valence-corrected chi connectivity index (χ0v) is 14.9. The molecule has 0 fully saturated rings. The number of carbonyl (C=O) groups excluding carboxylic acids is 1. The molecule has 0 aromatic heterocycles. The second kappa shape index (κ2) is 8.72. The molecule has 0 aliphatic rings. The van der Waals surface area contributed by atoms with Crippen molar-refractivity contribution in [3.8, 4) is 5.75 Å². The van der Waals surface area contributed by atoms with Crippen molar-refractivity contribution in [1.82, 2.24) is 5.32 Å². The summed E-state index contributed by atoms with van der Waals surface area (Å²) in [6.45, 7) is 1.92. The van der Waals surface area contributed by atoms with Crippen molar-refractivity contribution in [2.75, 3.05) is 11.9 Å². The Morgan fingerprint density at radius 3 is 2.59 bits per heavy atom. The molecule has 0 heterocycles. The molecular formula is C17H15N3O6S. The highest BCUT2D eigenvalue weighted by Gasteiger charge is 2.19. The molecule has 27 heavy (non-hydrogen) atoms. The summed E-state index contributed by atoms with van der Waals surface area (Å²) >= 11 is 5.02. The van der Waals surface area contributed by atoms with Gasteiger partial charge in [-0.25, -0.2) is 4.79 Å². The fraction of sp³-hybridized carbons (Fsp3) is 0.118. The summed E-state index contributed by atoms with van der Waals surface area (Å²) in [5, 5.41) is 25.1. The van der Waals surface area contributed by atoms with Gasteiger partial charge in [-0.1, -0.05) is 12.1 Å². The molecule has 0 spiro atoms. The van der Waals surface area contributed by atoms with E-state index in [4.69, 9.17) is 22.1 Å². The van der Waals surface area contributed by atoms with E-state index < -0.39 is 16.8 Å². The predicted octanol–water partition coefficient (Wildman–Crippen LogP) is 2.82. The normalized spacial score (nSPS) is 9.96. The van der Waals surface area contributed by atoms with Crippen LogP contribution in [0.5, 0.6) is 5.75 Å². The van der Waals surface area contributed by atoms with Crippen LogP contribution >= 0.6 is 12.2 Å². The Morgan fingerprint density at radius 2 is 1.96 bits per heavy atom. The number of ether oxygens (including phenoxy) is 1. The van der Waals surface area contributed by atoms with Gasteiger partial charge in [0, 0.05) is 11.6 Å². The first-order valence-corrected chi connectivity index (χ1v) is 8.10. The smallest absolute Gasteiger partial charge is 0.337 e. The lowest BCUT2D eigenvalue weighted by molar-refractivity contribution is -0.385. The summed E-state index contributed by atoms with van der Waals surface area (Å²) in [4.78, 5) is 34.0. The van der Waals surface area contributed by atoms with Gasteiger partial charge >= 0.3 is 11.7 Å². The molecule has 140 valence electrons. The van der Waals surface area contributed by atoms with Crippen molar-refractivity contribution >= 4 is 40.6 Å². The first-order chi connectivity index (χ1) is 12.8. The molecule has 0 saturated heterocycles. The third-order valence-electron chi connectivity index (χ3n) is 3.35. The number of aromatic carboxylic acids is 1. The molecule has 9 nitrogen and oxygen atoms in total. The highest BCUT2D eigenvalue weighted by molar-refractivity contribution is 7.80. The summed E-state index contributed by atoms with van der Waals surface area (Å²) in [6, 6.07) is 9.79. The van der Waals surface area contributed by atoms with Crippen LogP contribution in [0.3, 0.4) is 0 Å². The molecule has 2 rings (SSSR count). The van der Waals surface area contributed by atoms with E-state index in [0.717, 1.165) is 6.07 Å². The highest BCUT2D eigenvalue weighted by atomic mass is 32.1. The van der Waals surface area contributed by atoms with Gasteiger partial charge in [-0.2, -0.15) is 0 Å². The van der Waals surface area contributed by atoms with Crippen LogP contribution < -0.4 is 15.4 Å². The number of benzene rings is 2. The number of carboxylic acid groups (broad SMARTS) is 1.